The Morgan fingerprint density at radius 1 is 1.08 bits per heavy atom. The molecule has 1 amide bonds. The van der Waals surface area contributed by atoms with Crippen LogP contribution in [0.5, 0.6) is 0 Å². The van der Waals surface area contributed by atoms with Gasteiger partial charge >= 0.3 is 6.18 Å². The molecular formula is C30H31F3N4O. The van der Waals surface area contributed by atoms with Gasteiger partial charge in [-0.15, -0.1) is 0 Å². The fraction of sp³-hybridized carbons (Fsp3) is 0.333. The summed E-state index contributed by atoms with van der Waals surface area (Å²) in [6.45, 7) is 6.58. The highest BCUT2D eigenvalue weighted by Gasteiger charge is 2.34. The number of pyridine rings is 1. The first kappa shape index (κ1) is 27.2. The van der Waals surface area contributed by atoms with Crippen LogP contribution in [-0.4, -0.2) is 42.5 Å². The molecule has 1 aliphatic rings. The quantitative estimate of drug-likeness (QED) is 0.399. The second-order valence-electron chi connectivity index (χ2n) is 9.56. The maximum Gasteiger partial charge on any atom is 0.416 e. The lowest BCUT2D eigenvalue weighted by atomic mass is 10.0. The molecule has 38 heavy (non-hydrogen) atoms. The molecule has 3 aromatic rings. The smallest absolute Gasteiger partial charge is 0.370 e. The van der Waals surface area contributed by atoms with Gasteiger partial charge in [-0.3, -0.25) is 9.78 Å². The van der Waals surface area contributed by atoms with Gasteiger partial charge in [-0.25, -0.2) is 0 Å². The van der Waals surface area contributed by atoms with Gasteiger partial charge in [-0.2, -0.15) is 13.2 Å². The molecule has 4 rings (SSSR count). The number of halogens is 3. The second-order valence-corrected chi connectivity index (χ2v) is 9.56. The summed E-state index contributed by atoms with van der Waals surface area (Å²) in [5.74, 6) is 5.75. The Kier molecular flexibility index (Phi) is 8.38. The average molecular weight is 521 g/mol. The van der Waals surface area contributed by atoms with Gasteiger partial charge in [0.15, 0.2) is 0 Å². The molecule has 1 fully saturated rings. The molecule has 0 atom stereocenters. The summed E-state index contributed by atoms with van der Waals surface area (Å²) in [7, 11) is 1.76. The molecular weight excluding hydrogens is 489 g/mol. The number of rotatable bonds is 6. The number of nitrogens with zero attached hydrogens (tertiary/aromatic N) is 3. The molecule has 1 aliphatic heterocycles. The van der Waals surface area contributed by atoms with Crippen molar-refractivity contribution in [2.24, 2.45) is 0 Å². The first-order valence-electron chi connectivity index (χ1n) is 12.7. The monoisotopic (exact) mass is 520 g/mol. The minimum absolute atomic E-state index is 0.0863. The molecule has 5 nitrogen and oxygen atoms in total. The number of hydrogen-bond acceptors (Lipinski definition) is 4. The van der Waals surface area contributed by atoms with Crippen molar-refractivity contribution in [3.63, 3.8) is 0 Å². The summed E-state index contributed by atoms with van der Waals surface area (Å²) in [5, 5.41) is 2.61. The van der Waals surface area contributed by atoms with E-state index in [4.69, 9.17) is 0 Å². The van der Waals surface area contributed by atoms with Crippen LogP contribution in [0, 0.1) is 18.8 Å². The molecule has 1 aromatic heterocycles. The van der Waals surface area contributed by atoms with Crippen LogP contribution in [-0.2, 0) is 12.7 Å². The predicted octanol–water partition coefficient (Wildman–Crippen LogP) is 6.11. The Hall–Kier alpha value is -3.83. The third-order valence-electron chi connectivity index (χ3n) is 6.69. The molecule has 0 bridgehead atoms. The number of nitrogens with one attached hydrogen (secondary N) is 1. The molecule has 0 saturated carbocycles. The van der Waals surface area contributed by atoms with E-state index in [-0.39, 0.29) is 17.8 Å². The summed E-state index contributed by atoms with van der Waals surface area (Å²) < 4.78 is 41.2. The third-order valence-corrected chi connectivity index (χ3v) is 6.69. The van der Waals surface area contributed by atoms with Gasteiger partial charge < -0.3 is 15.1 Å². The van der Waals surface area contributed by atoms with Crippen molar-refractivity contribution in [2.45, 2.75) is 39.4 Å². The number of carbonyl (C=O) groups excluding carboxylic acids is 1. The van der Waals surface area contributed by atoms with Crippen molar-refractivity contribution >= 4 is 17.3 Å². The highest BCUT2D eigenvalue weighted by atomic mass is 19.4. The molecule has 198 valence electrons. The zero-order valence-electron chi connectivity index (χ0n) is 21.8. The third kappa shape index (κ3) is 6.73. The molecule has 0 unspecified atom stereocenters. The fourth-order valence-corrected chi connectivity index (χ4v) is 4.34. The van der Waals surface area contributed by atoms with Gasteiger partial charge in [0.05, 0.1) is 17.4 Å². The molecule has 1 saturated heterocycles. The molecule has 8 heteroatoms. The Bertz CT molecular complexity index is 1370. The van der Waals surface area contributed by atoms with Gasteiger partial charge in [0.25, 0.3) is 5.91 Å². The van der Waals surface area contributed by atoms with Crippen molar-refractivity contribution in [1.82, 2.24) is 9.88 Å². The van der Waals surface area contributed by atoms with E-state index in [0.29, 0.717) is 17.7 Å². The minimum Gasteiger partial charge on any atom is -0.370 e. The van der Waals surface area contributed by atoms with Gasteiger partial charge in [0.1, 0.15) is 0 Å². The summed E-state index contributed by atoms with van der Waals surface area (Å²) in [4.78, 5) is 21.3. The fourth-order valence-electron chi connectivity index (χ4n) is 4.34. The molecule has 2 aromatic carbocycles. The van der Waals surface area contributed by atoms with E-state index in [1.807, 2.05) is 26.1 Å². The van der Waals surface area contributed by atoms with Crippen molar-refractivity contribution in [3.8, 4) is 11.8 Å². The predicted molar refractivity (Wildman–Crippen MR) is 144 cm³/mol. The van der Waals surface area contributed by atoms with Crippen LogP contribution in [0.1, 0.15) is 57.9 Å². The number of amides is 1. The van der Waals surface area contributed by atoms with E-state index in [1.165, 1.54) is 25.0 Å². The molecule has 2 heterocycles. The largest absolute Gasteiger partial charge is 0.416 e. The van der Waals surface area contributed by atoms with E-state index >= 15 is 0 Å². The van der Waals surface area contributed by atoms with E-state index in [9.17, 15) is 18.0 Å². The highest BCUT2D eigenvalue weighted by molar-refractivity contribution is 6.04. The summed E-state index contributed by atoms with van der Waals surface area (Å²) in [6, 6.07) is 11.0. The van der Waals surface area contributed by atoms with Crippen molar-refractivity contribution < 1.29 is 18.0 Å². The number of hydrogen-bond donors (Lipinski definition) is 1. The number of benzene rings is 2. The normalized spacial score (nSPS) is 13.4. The van der Waals surface area contributed by atoms with Crippen LogP contribution in [0.15, 0.2) is 54.9 Å². The van der Waals surface area contributed by atoms with E-state index < -0.39 is 17.6 Å². The van der Waals surface area contributed by atoms with E-state index in [2.05, 4.69) is 27.0 Å². The van der Waals surface area contributed by atoms with E-state index in [0.717, 1.165) is 36.0 Å². The zero-order valence-corrected chi connectivity index (χ0v) is 21.8. The molecule has 0 radical (unpaired) electrons. The summed E-state index contributed by atoms with van der Waals surface area (Å²) >= 11 is 0. The number of alkyl halides is 3. The Labute approximate surface area is 221 Å². The van der Waals surface area contributed by atoms with Crippen molar-refractivity contribution in [1.29, 1.82) is 0 Å². The molecule has 1 N–H and O–H groups in total. The van der Waals surface area contributed by atoms with Gasteiger partial charge in [-0.05, 0) is 74.8 Å². The van der Waals surface area contributed by atoms with Gasteiger partial charge in [0, 0.05) is 48.2 Å². The number of anilines is 2. The summed E-state index contributed by atoms with van der Waals surface area (Å²) in [6.07, 6.45) is 1.35. The van der Waals surface area contributed by atoms with Crippen molar-refractivity contribution in [3.05, 3.63) is 88.2 Å². The summed E-state index contributed by atoms with van der Waals surface area (Å²) in [5.41, 5.74) is 3.18. The van der Waals surface area contributed by atoms with Crippen LogP contribution in [0.4, 0.5) is 24.5 Å². The van der Waals surface area contributed by atoms with Crippen LogP contribution in [0.3, 0.4) is 0 Å². The van der Waals surface area contributed by atoms with Crippen molar-refractivity contribution in [2.75, 3.05) is 36.9 Å². The topological polar surface area (TPSA) is 48.5 Å². The lowest BCUT2D eigenvalue weighted by Crippen LogP contribution is -2.20. The van der Waals surface area contributed by atoms with E-state index in [1.54, 1.807) is 36.3 Å². The Morgan fingerprint density at radius 3 is 2.55 bits per heavy atom. The highest BCUT2D eigenvalue weighted by Crippen LogP contribution is 2.34. The molecule has 0 spiro atoms. The Balaban J connectivity index is 1.54. The van der Waals surface area contributed by atoms with Crippen LogP contribution in [0.25, 0.3) is 0 Å². The van der Waals surface area contributed by atoms with Gasteiger partial charge in [-0.1, -0.05) is 30.9 Å². The number of carbonyl (C=O) groups is 1. The second kappa shape index (κ2) is 11.7. The van der Waals surface area contributed by atoms with Crippen LogP contribution in [0.2, 0.25) is 0 Å². The number of aromatic nitrogens is 1. The first-order valence-corrected chi connectivity index (χ1v) is 12.7. The lowest BCUT2D eigenvalue weighted by Gasteiger charge is -2.19. The maximum absolute atomic E-state index is 13.7. The standard InChI is InChI=1S/C30H31F3N4O/c1-4-36(3)20-25-11-12-26(17-28(25)30(31,32)33)35-29(38)24-9-7-21(2)23(16-24)10-8-22-15-27(19-34-18-22)37-13-5-6-14-37/h7,9,11-12,15-19H,4-6,13-14,20H2,1-3H3,(H,35,38). The SMILES string of the molecule is CCN(C)Cc1ccc(NC(=O)c2ccc(C)c(C#Cc3cncc(N4CCCC4)c3)c2)cc1C(F)(F)F. The van der Waals surface area contributed by atoms with Gasteiger partial charge in [0.2, 0.25) is 0 Å². The lowest BCUT2D eigenvalue weighted by molar-refractivity contribution is -0.138. The average Bonchev–Trinajstić information content (AvgIpc) is 3.44. The molecule has 0 aliphatic carbocycles. The Morgan fingerprint density at radius 2 is 1.84 bits per heavy atom. The zero-order chi connectivity index (χ0) is 27.3. The van der Waals surface area contributed by atoms with Crippen LogP contribution >= 0.6 is 0 Å². The maximum atomic E-state index is 13.7. The first-order chi connectivity index (χ1) is 18.1. The number of aryl methyl sites for hydroxylation is 1. The van der Waals surface area contributed by atoms with Crippen LogP contribution < -0.4 is 10.2 Å². The minimum atomic E-state index is -4.53.